The number of halogens is 1. The van der Waals surface area contributed by atoms with E-state index >= 15 is 0 Å². The zero-order valence-electron chi connectivity index (χ0n) is 7.62. The van der Waals surface area contributed by atoms with Crippen molar-refractivity contribution in [1.29, 1.82) is 0 Å². The van der Waals surface area contributed by atoms with Crippen LogP contribution in [0.1, 0.15) is 37.1 Å². The molecule has 1 N–H and O–H groups in total. The Labute approximate surface area is 83.5 Å². The van der Waals surface area contributed by atoms with E-state index in [1.807, 2.05) is 6.92 Å². The zero-order chi connectivity index (χ0) is 8.39. The second kappa shape index (κ2) is 4.58. The van der Waals surface area contributed by atoms with Gasteiger partial charge >= 0.3 is 0 Å². The molecule has 1 aliphatic rings. The van der Waals surface area contributed by atoms with E-state index in [9.17, 15) is 0 Å². The lowest BCUT2D eigenvalue weighted by atomic mass is 10.1. The average molecular weight is 204 g/mol. The van der Waals surface area contributed by atoms with Crippen LogP contribution in [-0.4, -0.2) is 16.7 Å². The van der Waals surface area contributed by atoms with E-state index in [1.54, 1.807) is 0 Å². The van der Waals surface area contributed by atoms with E-state index in [1.165, 1.54) is 12.8 Å². The summed E-state index contributed by atoms with van der Waals surface area (Å²) >= 11 is 0. The monoisotopic (exact) mass is 203 g/mol. The van der Waals surface area contributed by atoms with E-state index < -0.39 is 0 Å². The number of aryl methyl sites for hydroxylation is 1. The van der Waals surface area contributed by atoms with Crippen LogP contribution in [0.15, 0.2) is 4.42 Å². The molecule has 74 valence electrons. The van der Waals surface area contributed by atoms with Gasteiger partial charge in [-0.15, -0.1) is 22.6 Å². The minimum atomic E-state index is 0. The van der Waals surface area contributed by atoms with Gasteiger partial charge in [-0.05, 0) is 19.4 Å². The van der Waals surface area contributed by atoms with Gasteiger partial charge in [-0.25, -0.2) is 0 Å². The molecule has 1 aromatic rings. The Morgan fingerprint density at radius 1 is 1.38 bits per heavy atom. The Hall–Kier alpha value is -0.610. The second-order valence-corrected chi connectivity index (χ2v) is 3.16. The molecular formula is C8H14ClN3O. The van der Waals surface area contributed by atoms with E-state index in [-0.39, 0.29) is 12.4 Å². The summed E-state index contributed by atoms with van der Waals surface area (Å²) in [5, 5.41) is 11.1. The fraction of sp³-hybridized carbons (Fsp3) is 0.750. The van der Waals surface area contributed by atoms with Crippen molar-refractivity contribution in [2.75, 3.05) is 6.54 Å². The number of hydrogen-bond acceptors (Lipinski definition) is 4. The molecule has 1 aliphatic heterocycles. The van der Waals surface area contributed by atoms with Crippen LogP contribution in [0.2, 0.25) is 0 Å². The van der Waals surface area contributed by atoms with Gasteiger partial charge in [0.15, 0.2) is 0 Å². The molecule has 1 unspecified atom stereocenters. The van der Waals surface area contributed by atoms with Crippen molar-refractivity contribution in [2.24, 2.45) is 0 Å². The summed E-state index contributed by atoms with van der Waals surface area (Å²) in [5.74, 6) is 1.39. The Balaban J connectivity index is 0.000000845. The number of nitrogens with one attached hydrogen (secondary N) is 1. The van der Waals surface area contributed by atoms with Gasteiger partial charge in [-0.3, -0.25) is 0 Å². The molecular weight excluding hydrogens is 190 g/mol. The number of hydrogen-bond donors (Lipinski definition) is 1. The fourth-order valence-electron chi connectivity index (χ4n) is 1.52. The van der Waals surface area contributed by atoms with Crippen molar-refractivity contribution < 1.29 is 4.42 Å². The molecule has 5 heteroatoms. The van der Waals surface area contributed by atoms with Gasteiger partial charge in [-0.1, -0.05) is 6.42 Å². The highest BCUT2D eigenvalue weighted by Gasteiger charge is 2.19. The maximum absolute atomic E-state index is 5.34. The van der Waals surface area contributed by atoms with Crippen molar-refractivity contribution in [3.05, 3.63) is 11.8 Å². The fourth-order valence-corrected chi connectivity index (χ4v) is 1.52. The molecule has 1 saturated heterocycles. The molecule has 0 spiro atoms. The molecule has 0 aromatic carbocycles. The number of aromatic nitrogens is 2. The topological polar surface area (TPSA) is 51.0 Å². The Morgan fingerprint density at radius 2 is 2.23 bits per heavy atom. The van der Waals surface area contributed by atoms with Crippen molar-refractivity contribution in [3.8, 4) is 0 Å². The first kappa shape index (κ1) is 10.5. The first-order valence-electron chi connectivity index (χ1n) is 4.39. The minimum Gasteiger partial charge on any atom is -0.424 e. The molecule has 2 heterocycles. The summed E-state index contributed by atoms with van der Waals surface area (Å²) in [4.78, 5) is 0. The van der Waals surface area contributed by atoms with Gasteiger partial charge in [0.2, 0.25) is 11.8 Å². The van der Waals surface area contributed by atoms with Crippen LogP contribution in [0.5, 0.6) is 0 Å². The first-order valence-corrected chi connectivity index (χ1v) is 4.39. The summed E-state index contributed by atoms with van der Waals surface area (Å²) < 4.78 is 5.34. The van der Waals surface area contributed by atoms with Crippen LogP contribution < -0.4 is 5.32 Å². The predicted octanol–water partition coefficient (Wildman–Crippen LogP) is 1.61. The summed E-state index contributed by atoms with van der Waals surface area (Å²) in [6.07, 6.45) is 3.62. The van der Waals surface area contributed by atoms with Crippen LogP contribution in [0.4, 0.5) is 0 Å². The third kappa shape index (κ3) is 2.42. The molecule has 1 atom stereocenters. The standard InChI is InChI=1S/C8H13N3O.ClH/c1-6-10-11-8(12-6)7-4-2-3-5-9-7;/h7,9H,2-5H2,1H3;1H. The van der Waals surface area contributed by atoms with Crippen LogP contribution in [0.3, 0.4) is 0 Å². The average Bonchev–Trinajstić information content (AvgIpc) is 2.54. The van der Waals surface area contributed by atoms with Crippen LogP contribution in [-0.2, 0) is 0 Å². The largest absolute Gasteiger partial charge is 0.424 e. The van der Waals surface area contributed by atoms with Crippen molar-refractivity contribution in [3.63, 3.8) is 0 Å². The molecule has 0 bridgehead atoms. The summed E-state index contributed by atoms with van der Waals surface area (Å²) in [6, 6.07) is 0.292. The van der Waals surface area contributed by atoms with E-state index in [4.69, 9.17) is 4.42 Å². The summed E-state index contributed by atoms with van der Waals surface area (Å²) in [5.41, 5.74) is 0. The molecule has 13 heavy (non-hydrogen) atoms. The SMILES string of the molecule is Cc1nnc(C2CCCCN2)o1.Cl. The first-order chi connectivity index (χ1) is 5.86. The Morgan fingerprint density at radius 3 is 2.77 bits per heavy atom. The van der Waals surface area contributed by atoms with Gasteiger partial charge in [0.25, 0.3) is 0 Å². The van der Waals surface area contributed by atoms with E-state index in [0.717, 1.165) is 18.9 Å². The second-order valence-electron chi connectivity index (χ2n) is 3.16. The van der Waals surface area contributed by atoms with Crippen molar-refractivity contribution >= 4 is 12.4 Å². The van der Waals surface area contributed by atoms with Crippen LogP contribution >= 0.6 is 12.4 Å². The van der Waals surface area contributed by atoms with Crippen LogP contribution in [0.25, 0.3) is 0 Å². The molecule has 2 rings (SSSR count). The van der Waals surface area contributed by atoms with Gasteiger partial charge in [0.1, 0.15) is 0 Å². The molecule has 0 saturated carbocycles. The normalized spacial score (nSPS) is 22.4. The number of rotatable bonds is 1. The molecule has 4 nitrogen and oxygen atoms in total. The van der Waals surface area contributed by atoms with Gasteiger partial charge in [0.05, 0.1) is 6.04 Å². The van der Waals surface area contributed by atoms with Crippen LogP contribution in [0, 0.1) is 6.92 Å². The third-order valence-electron chi connectivity index (χ3n) is 2.15. The zero-order valence-corrected chi connectivity index (χ0v) is 8.43. The van der Waals surface area contributed by atoms with Gasteiger partial charge < -0.3 is 9.73 Å². The van der Waals surface area contributed by atoms with Crippen molar-refractivity contribution in [2.45, 2.75) is 32.2 Å². The maximum atomic E-state index is 5.34. The molecule has 0 aliphatic carbocycles. The third-order valence-corrected chi connectivity index (χ3v) is 2.15. The molecule has 0 radical (unpaired) electrons. The predicted molar refractivity (Wildman–Crippen MR) is 50.9 cm³/mol. The quantitative estimate of drug-likeness (QED) is 0.754. The molecule has 1 aromatic heterocycles. The van der Waals surface area contributed by atoms with E-state index in [2.05, 4.69) is 15.5 Å². The summed E-state index contributed by atoms with van der Waals surface area (Å²) in [6.45, 7) is 2.88. The molecule has 0 amide bonds. The van der Waals surface area contributed by atoms with Gasteiger partial charge in [0, 0.05) is 6.92 Å². The Kier molecular flexibility index (Phi) is 3.69. The lowest BCUT2D eigenvalue weighted by molar-refractivity contribution is 0.333. The lowest BCUT2D eigenvalue weighted by Gasteiger charge is -2.19. The number of piperidine rings is 1. The highest BCUT2D eigenvalue weighted by atomic mass is 35.5. The van der Waals surface area contributed by atoms with Gasteiger partial charge in [-0.2, -0.15) is 0 Å². The minimum absolute atomic E-state index is 0. The number of nitrogens with zero attached hydrogens (tertiary/aromatic N) is 2. The Bertz CT molecular complexity index is 258. The van der Waals surface area contributed by atoms with Crippen molar-refractivity contribution in [1.82, 2.24) is 15.5 Å². The summed E-state index contributed by atoms with van der Waals surface area (Å²) in [7, 11) is 0. The highest BCUT2D eigenvalue weighted by Crippen LogP contribution is 2.21. The highest BCUT2D eigenvalue weighted by molar-refractivity contribution is 5.85. The molecule has 1 fully saturated rings. The smallest absolute Gasteiger partial charge is 0.233 e. The lowest BCUT2D eigenvalue weighted by Crippen LogP contribution is -2.26. The van der Waals surface area contributed by atoms with E-state index in [0.29, 0.717) is 11.9 Å². The maximum Gasteiger partial charge on any atom is 0.233 e.